The van der Waals surface area contributed by atoms with Crippen molar-refractivity contribution in [3.63, 3.8) is 0 Å². The molecule has 2 heterocycles. The molecule has 1 aromatic carbocycles. The summed E-state index contributed by atoms with van der Waals surface area (Å²) in [5.74, 6) is 1.82. The molecule has 134 valence electrons. The fourth-order valence-corrected chi connectivity index (χ4v) is 3.55. The van der Waals surface area contributed by atoms with E-state index in [0.29, 0.717) is 13.0 Å². The lowest BCUT2D eigenvalue weighted by Crippen LogP contribution is -2.19. The van der Waals surface area contributed by atoms with Gasteiger partial charge in [0.15, 0.2) is 0 Å². The Morgan fingerprint density at radius 2 is 2.16 bits per heavy atom. The molecule has 25 heavy (non-hydrogen) atoms. The van der Waals surface area contributed by atoms with Gasteiger partial charge in [-0.3, -0.25) is 10.1 Å². The van der Waals surface area contributed by atoms with Crippen LogP contribution in [-0.2, 0) is 29.4 Å². The van der Waals surface area contributed by atoms with Gasteiger partial charge in [-0.15, -0.1) is 10.2 Å². The minimum Gasteiger partial charge on any atom is -0.379 e. The number of hydrogen-bond acceptors (Lipinski definition) is 7. The van der Waals surface area contributed by atoms with Gasteiger partial charge >= 0.3 is 0 Å². The fraction of sp³-hybridized carbons (Fsp3) is 0.429. The molecule has 0 atom stereocenters. The maximum absolute atomic E-state index is 11.8. The smallest absolute Gasteiger partial charge is 0.293 e. The molecule has 0 unspecified atom stereocenters. The highest BCUT2D eigenvalue weighted by Gasteiger charge is 2.21. The van der Waals surface area contributed by atoms with Crippen molar-refractivity contribution in [2.24, 2.45) is 0 Å². The first kappa shape index (κ1) is 17.3. The van der Waals surface area contributed by atoms with Gasteiger partial charge in [-0.1, -0.05) is 0 Å². The zero-order chi connectivity index (χ0) is 18.0. The second kappa shape index (κ2) is 6.76. The van der Waals surface area contributed by atoms with Crippen molar-refractivity contribution >= 4 is 21.4 Å². The Bertz CT molecular complexity index is 908. The Balaban J connectivity index is 1.74. The summed E-state index contributed by atoms with van der Waals surface area (Å²) >= 11 is 0. The van der Waals surface area contributed by atoms with Crippen LogP contribution in [0.2, 0.25) is 0 Å². The molecule has 3 rings (SSSR count). The fourth-order valence-electron chi connectivity index (χ4n) is 2.80. The van der Waals surface area contributed by atoms with Crippen LogP contribution in [0.5, 0.6) is 0 Å². The summed E-state index contributed by atoms with van der Waals surface area (Å²) in [6.45, 7) is 1.32. The first-order valence-electron chi connectivity index (χ1n) is 7.79. The summed E-state index contributed by atoms with van der Waals surface area (Å²) < 4.78 is 27.8. The minimum atomic E-state index is -3.74. The summed E-state index contributed by atoms with van der Waals surface area (Å²) in [7, 11) is -2.48. The van der Waals surface area contributed by atoms with Crippen molar-refractivity contribution in [2.45, 2.75) is 30.7 Å². The highest BCUT2D eigenvalue weighted by Crippen LogP contribution is 2.27. The molecule has 2 aromatic rings. The Kier molecular flexibility index (Phi) is 4.68. The van der Waals surface area contributed by atoms with Gasteiger partial charge in [-0.2, -0.15) is 0 Å². The van der Waals surface area contributed by atoms with Crippen LogP contribution in [0.1, 0.15) is 18.1 Å². The van der Waals surface area contributed by atoms with Crippen LogP contribution in [0.4, 0.5) is 11.4 Å². The zero-order valence-electron chi connectivity index (χ0n) is 13.6. The molecule has 10 nitrogen and oxygen atoms in total. The highest BCUT2D eigenvalue weighted by atomic mass is 32.2. The molecule has 1 aliphatic rings. The van der Waals surface area contributed by atoms with E-state index in [4.69, 9.17) is 0 Å². The molecule has 0 bridgehead atoms. The average Bonchev–Trinajstić information content (AvgIpc) is 3.19. The molecule has 0 saturated heterocycles. The van der Waals surface area contributed by atoms with Crippen LogP contribution in [-0.4, -0.2) is 41.7 Å². The Labute approximate surface area is 144 Å². The number of hydrogen-bond donors (Lipinski definition) is 2. The van der Waals surface area contributed by atoms with Crippen LogP contribution >= 0.6 is 0 Å². The van der Waals surface area contributed by atoms with Crippen molar-refractivity contribution in [3.8, 4) is 0 Å². The molecule has 0 spiro atoms. The monoisotopic (exact) mass is 366 g/mol. The molecule has 2 N–H and O–H groups in total. The average molecular weight is 366 g/mol. The first-order valence-corrected chi connectivity index (χ1v) is 9.27. The summed E-state index contributed by atoms with van der Waals surface area (Å²) in [5.41, 5.74) is -0.0241. The van der Waals surface area contributed by atoms with Gasteiger partial charge in [0.05, 0.1) is 9.82 Å². The normalized spacial score (nSPS) is 13.6. The third kappa shape index (κ3) is 3.46. The molecular formula is C14H18N6O4S. The largest absolute Gasteiger partial charge is 0.379 e. The molecule has 0 aliphatic carbocycles. The van der Waals surface area contributed by atoms with E-state index in [1.165, 1.54) is 19.2 Å². The Morgan fingerprint density at radius 3 is 2.88 bits per heavy atom. The van der Waals surface area contributed by atoms with Crippen LogP contribution < -0.4 is 10.0 Å². The van der Waals surface area contributed by atoms with E-state index >= 15 is 0 Å². The van der Waals surface area contributed by atoms with E-state index in [9.17, 15) is 18.5 Å². The number of fused-ring (bicyclic) bond motifs is 1. The van der Waals surface area contributed by atoms with Gasteiger partial charge in [0, 0.05) is 32.0 Å². The van der Waals surface area contributed by atoms with Crippen LogP contribution in [0, 0.1) is 10.1 Å². The van der Waals surface area contributed by atoms with Crippen molar-refractivity contribution in [1.29, 1.82) is 0 Å². The number of benzene rings is 1. The topological polar surface area (TPSA) is 132 Å². The number of rotatable bonds is 7. The Hall–Kier alpha value is -2.53. The molecule has 1 aromatic heterocycles. The summed E-state index contributed by atoms with van der Waals surface area (Å²) in [6, 6.07) is 3.77. The number of aryl methyl sites for hydroxylation is 1. The summed E-state index contributed by atoms with van der Waals surface area (Å²) in [5, 5.41) is 22.5. The lowest BCUT2D eigenvalue weighted by Gasteiger charge is -2.09. The number of sulfonamides is 1. The van der Waals surface area contributed by atoms with Gasteiger partial charge in [0.2, 0.25) is 10.0 Å². The number of anilines is 1. The van der Waals surface area contributed by atoms with E-state index in [2.05, 4.69) is 24.8 Å². The van der Waals surface area contributed by atoms with Crippen LogP contribution in [0.3, 0.4) is 0 Å². The number of aromatic nitrogens is 3. The number of nitrogens with one attached hydrogen (secondary N) is 2. The van der Waals surface area contributed by atoms with Gasteiger partial charge in [-0.05, 0) is 25.6 Å². The van der Waals surface area contributed by atoms with Crippen molar-refractivity contribution in [1.82, 2.24) is 19.5 Å². The predicted molar refractivity (Wildman–Crippen MR) is 89.9 cm³/mol. The molecule has 11 heteroatoms. The van der Waals surface area contributed by atoms with Crippen LogP contribution in [0.25, 0.3) is 0 Å². The van der Waals surface area contributed by atoms with Crippen molar-refractivity contribution in [2.75, 3.05) is 18.9 Å². The lowest BCUT2D eigenvalue weighted by atomic mass is 10.2. The maximum Gasteiger partial charge on any atom is 0.293 e. The molecule has 0 fully saturated rings. The highest BCUT2D eigenvalue weighted by molar-refractivity contribution is 7.89. The van der Waals surface area contributed by atoms with Crippen LogP contribution in [0.15, 0.2) is 23.1 Å². The molecular weight excluding hydrogens is 348 g/mol. The SMILES string of the molecule is CNS(=O)(=O)c1ccc(NCCc2nnc3n2CCC3)c([N+](=O)[O-])c1. The van der Waals surface area contributed by atoms with E-state index in [-0.39, 0.29) is 16.3 Å². The molecule has 0 saturated carbocycles. The summed E-state index contributed by atoms with van der Waals surface area (Å²) in [6.07, 6.45) is 2.55. The number of nitro groups is 1. The molecule has 0 amide bonds. The molecule has 0 radical (unpaired) electrons. The minimum absolute atomic E-state index is 0.150. The van der Waals surface area contributed by atoms with E-state index in [1.54, 1.807) is 0 Å². The van der Waals surface area contributed by atoms with Crippen molar-refractivity contribution in [3.05, 3.63) is 40.0 Å². The summed E-state index contributed by atoms with van der Waals surface area (Å²) in [4.78, 5) is 10.5. The number of nitro benzene ring substituents is 1. The first-order chi connectivity index (χ1) is 11.9. The number of nitrogens with zero attached hydrogens (tertiary/aromatic N) is 4. The van der Waals surface area contributed by atoms with Gasteiger partial charge in [-0.25, -0.2) is 13.1 Å². The lowest BCUT2D eigenvalue weighted by molar-refractivity contribution is -0.384. The molecule has 1 aliphatic heterocycles. The third-order valence-corrected chi connectivity index (χ3v) is 5.51. The standard InChI is InChI=1S/C14H18N6O4S/c1-15-25(23,24)10-4-5-11(12(9-10)20(21)22)16-7-6-14-18-17-13-3-2-8-19(13)14/h4-5,9,15-16H,2-3,6-8H2,1H3. The quantitative estimate of drug-likeness (QED) is 0.544. The van der Waals surface area contributed by atoms with Gasteiger partial charge < -0.3 is 9.88 Å². The van der Waals surface area contributed by atoms with Crippen molar-refractivity contribution < 1.29 is 13.3 Å². The predicted octanol–water partition coefficient (Wildman–Crippen LogP) is 0.695. The Morgan fingerprint density at radius 1 is 1.36 bits per heavy atom. The van der Waals surface area contributed by atoms with Gasteiger partial charge in [0.1, 0.15) is 17.3 Å². The van der Waals surface area contributed by atoms with E-state index in [1.807, 2.05) is 0 Å². The maximum atomic E-state index is 11.8. The zero-order valence-corrected chi connectivity index (χ0v) is 14.4. The van der Waals surface area contributed by atoms with E-state index < -0.39 is 14.9 Å². The third-order valence-electron chi connectivity index (χ3n) is 4.10. The van der Waals surface area contributed by atoms with E-state index in [0.717, 1.165) is 37.1 Å². The second-order valence-corrected chi connectivity index (χ2v) is 7.49. The second-order valence-electron chi connectivity index (χ2n) is 5.61. The van der Waals surface area contributed by atoms with Gasteiger partial charge in [0.25, 0.3) is 5.69 Å².